The highest BCUT2D eigenvalue weighted by Crippen LogP contribution is 2.35. The minimum absolute atomic E-state index is 0.130. The Morgan fingerprint density at radius 2 is 1.90 bits per heavy atom. The van der Waals surface area contributed by atoms with Gasteiger partial charge in [0.05, 0.1) is 12.1 Å². The van der Waals surface area contributed by atoms with Crippen molar-refractivity contribution in [3.63, 3.8) is 0 Å². The predicted molar refractivity (Wildman–Crippen MR) is 115 cm³/mol. The van der Waals surface area contributed by atoms with E-state index >= 15 is 0 Å². The molecule has 1 heterocycles. The molecule has 0 unspecified atom stereocenters. The summed E-state index contributed by atoms with van der Waals surface area (Å²) >= 11 is 1.55. The van der Waals surface area contributed by atoms with Gasteiger partial charge in [-0.2, -0.15) is 4.39 Å². The fourth-order valence-corrected chi connectivity index (χ4v) is 4.33. The first-order valence-corrected chi connectivity index (χ1v) is 10.6. The third-order valence-electron chi connectivity index (χ3n) is 5.22. The van der Waals surface area contributed by atoms with Gasteiger partial charge in [-0.15, -0.1) is 0 Å². The van der Waals surface area contributed by atoms with Gasteiger partial charge in [-0.3, -0.25) is 0 Å². The zero-order valence-corrected chi connectivity index (χ0v) is 17.0. The van der Waals surface area contributed by atoms with Crippen molar-refractivity contribution in [3.8, 4) is 0 Å². The summed E-state index contributed by atoms with van der Waals surface area (Å²) in [6, 6.07) is 17.6. The van der Waals surface area contributed by atoms with Crippen LogP contribution in [0.2, 0.25) is 0 Å². The number of rotatable bonds is 7. The third kappa shape index (κ3) is 4.78. The number of fused-ring (bicyclic) bond motifs is 1. The molecule has 6 heteroatoms. The van der Waals surface area contributed by atoms with Gasteiger partial charge >= 0.3 is 0 Å². The first kappa shape index (κ1) is 19.9. The van der Waals surface area contributed by atoms with Crippen LogP contribution in [0, 0.1) is 5.95 Å². The van der Waals surface area contributed by atoms with Gasteiger partial charge in [0.15, 0.2) is 0 Å². The molecule has 3 aromatic rings. The lowest BCUT2D eigenvalue weighted by molar-refractivity contribution is 0.153. The summed E-state index contributed by atoms with van der Waals surface area (Å²) in [7, 11) is 0. The van der Waals surface area contributed by atoms with Gasteiger partial charge in [0.25, 0.3) is 0 Å². The van der Waals surface area contributed by atoms with E-state index in [-0.39, 0.29) is 6.04 Å². The van der Waals surface area contributed by atoms with E-state index in [0.717, 1.165) is 33.7 Å². The van der Waals surface area contributed by atoms with Crippen LogP contribution in [0.1, 0.15) is 35.2 Å². The third-order valence-corrected chi connectivity index (χ3v) is 6.10. The van der Waals surface area contributed by atoms with Gasteiger partial charge in [-0.25, -0.2) is 9.71 Å². The van der Waals surface area contributed by atoms with Crippen molar-refractivity contribution >= 4 is 17.6 Å². The van der Waals surface area contributed by atoms with Crippen LogP contribution in [0.5, 0.6) is 0 Å². The van der Waals surface area contributed by atoms with Crippen molar-refractivity contribution < 1.29 is 9.50 Å². The lowest BCUT2D eigenvalue weighted by Gasteiger charge is -2.18. The van der Waals surface area contributed by atoms with Crippen LogP contribution >= 0.6 is 11.9 Å². The maximum atomic E-state index is 12.9. The van der Waals surface area contributed by atoms with Gasteiger partial charge in [0, 0.05) is 29.7 Å². The highest BCUT2D eigenvalue weighted by atomic mass is 32.2. The number of aliphatic hydroxyl groups excluding tert-OH is 1. The monoisotopic (exact) mass is 409 g/mol. The van der Waals surface area contributed by atoms with E-state index in [2.05, 4.69) is 58.3 Å². The Kier molecular flexibility index (Phi) is 6.13. The molecule has 2 atom stereocenters. The van der Waals surface area contributed by atoms with Crippen LogP contribution in [-0.2, 0) is 19.4 Å². The smallest absolute Gasteiger partial charge is 0.212 e. The number of halogens is 1. The Morgan fingerprint density at radius 3 is 2.62 bits per heavy atom. The molecule has 0 saturated heterocycles. The fraction of sp³-hybridized carbons (Fsp3) is 0.261. The maximum absolute atomic E-state index is 12.9. The second kappa shape index (κ2) is 8.95. The molecule has 1 aliphatic rings. The Balaban J connectivity index is 1.43. The van der Waals surface area contributed by atoms with E-state index in [1.807, 2.05) is 6.07 Å². The molecule has 4 nitrogen and oxygen atoms in total. The highest BCUT2D eigenvalue weighted by Gasteiger charge is 2.31. The SMILES string of the molecule is CCc1ccc(SN[C@@H]2c3cc(NCc4ccc(F)nc4)ccc3C[C@H]2O)cc1. The second-order valence-corrected chi connectivity index (χ2v) is 8.13. The molecule has 0 radical (unpaired) electrons. The molecule has 0 bridgehead atoms. The molecule has 1 aliphatic carbocycles. The topological polar surface area (TPSA) is 57.2 Å². The van der Waals surface area contributed by atoms with Crippen molar-refractivity contribution in [2.45, 2.75) is 43.4 Å². The largest absolute Gasteiger partial charge is 0.391 e. The van der Waals surface area contributed by atoms with Gasteiger partial charge in [-0.1, -0.05) is 31.2 Å². The van der Waals surface area contributed by atoms with Crippen molar-refractivity contribution in [2.75, 3.05) is 5.32 Å². The van der Waals surface area contributed by atoms with Crippen LogP contribution in [-0.4, -0.2) is 16.2 Å². The average molecular weight is 410 g/mol. The Bertz CT molecular complexity index is 963. The average Bonchev–Trinajstić information content (AvgIpc) is 3.06. The van der Waals surface area contributed by atoms with Gasteiger partial charge in [0.2, 0.25) is 5.95 Å². The van der Waals surface area contributed by atoms with Crippen molar-refractivity contribution in [3.05, 3.63) is 89.0 Å². The van der Waals surface area contributed by atoms with Gasteiger partial charge < -0.3 is 10.4 Å². The van der Waals surface area contributed by atoms with Crippen LogP contribution in [0.3, 0.4) is 0 Å². The molecule has 150 valence electrons. The number of hydrogen-bond acceptors (Lipinski definition) is 5. The molecular weight excluding hydrogens is 385 g/mol. The number of aryl methyl sites for hydroxylation is 1. The molecule has 0 fully saturated rings. The van der Waals surface area contributed by atoms with Crippen LogP contribution in [0.4, 0.5) is 10.1 Å². The van der Waals surface area contributed by atoms with Gasteiger partial charge in [0.1, 0.15) is 0 Å². The van der Waals surface area contributed by atoms with Crippen LogP contribution < -0.4 is 10.0 Å². The Morgan fingerprint density at radius 1 is 1.10 bits per heavy atom. The number of benzene rings is 2. The number of hydrogen-bond donors (Lipinski definition) is 3. The standard InChI is InChI=1S/C23H24FN3OS/c1-2-15-3-8-19(9-4-15)29-27-23-20-12-18(7-6-17(20)11-21(23)28)25-13-16-5-10-22(24)26-14-16/h3-10,12,14,21,23,25,27-28H,2,11,13H2,1H3/t21-,23-/m1/s1. The summed E-state index contributed by atoms with van der Waals surface area (Å²) in [5.74, 6) is -0.476. The van der Waals surface area contributed by atoms with Crippen molar-refractivity contribution in [1.29, 1.82) is 0 Å². The molecule has 4 rings (SSSR count). The summed E-state index contributed by atoms with van der Waals surface area (Å²) in [6.07, 6.45) is 2.75. The molecule has 0 amide bonds. The molecule has 3 N–H and O–H groups in total. The summed E-state index contributed by atoms with van der Waals surface area (Å²) in [6.45, 7) is 2.70. The lowest BCUT2D eigenvalue weighted by atomic mass is 10.1. The zero-order valence-electron chi connectivity index (χ0n) is 16.2. The molecule has 0 aliphatic heterocycles. The minimum atomic E-state index is -0.476. The number of aromatic nitrogens is 1. The predicted octanol–water partition coefficient (Wildman–Crippen LogP) is 4.65. The van der Waals surface area contributed by atoms with E-state index in [1.54, 1.807) is 18.0 Å². The number of aliphatic hydroxyl groups is 1. The molecule has 0 spiro atoms. The number of nitrogens with zero attached hydrogens (tertiary/aromatic N) is 1. The first-order valence-electron chi connectivity index (χ1n) is 9.79. The quantitative estimate of drug-likeness (QED) is 0.392. The Labute approximate surface area is 174 Å². The van der Waals surface area contributed by atoms with E-state index in [9.17, 15) is 9.50 Å². The number of anilines is 1. The summed E-state index contributed by atoms with van der Waals surface area (Å²) in [4.78, 5) is 4.81. The zero-order chi connectivity index (χ0) is 20.2. The molecule has 0 saturated carbocycles. The van der Waals surface area contributed by atoms with E-state index < -0.39 is 12.1 Å². The summed E-state index contributed by atoms with van der Waals surface area (Å²) in [5.41, 5.74) is 5.45. The van der Waals surface area contributed by atoms with Crippen LogP contribution in [0.25, 0.3) is 0 Å². The van der Waals surface area contributed by atoms with Crippen LogP contribution in [0.15, 0.2) is 65.7 Å². The lowest BCUT2D eigenvalue weighted by Crippen LogP contribution is -2.23. The molecule has 1 aromatic heterocycles. The number of pyridine rings is 1. The van der Waals surface area contributed by atoms with E-state index in [0.29, 0.717) is 13.0 Å². The second-order valence-electron chi connectivity index (χ2n) is 7.22. The normalized spacial score (nSPS) is 17.9. The van der Waals surface area contributed by atoms with E-state index in [1.165, 1.54) is 17.8 Å². The molecule has 29 heavy (non-hydrogen) atoms. The maximum Gasteiger partial charge on any atom is 0.212 e. The number of nitrogens with one attached hydrogen (secondary N) is 2. The van der Waals surface area contributed by atoms with Crippen molar-refractivity contribution in [1.82, 2.24) is 9.71 Å². The summed E-state index contributed by atoms with van der Waals surface area (Å²) < 4.78 is 16.4. The molecular formula is C23H24FN3OS. The van der Waals surface area contributed by atoms with E-state index in [4.69, 9.17) is 0 Å². The fourth-order valence-electron chi connectivity index (χ4n) is 3.51. The summed E-state index contributed by atoms with van der Waals surface area (Å²) in [5, 5.41) is 13.9. The minimum Gasteiger partial charge on any atom is -0.391 e. The van der Waals surface area contributed by atoms with Gasteiger partial charge in [-0.05, 0) is 71.0 Å². The molecule has 2 aromatic carbocycles. The van der Waals surface area contributed by atoms with Crippen molar-refractivity contribution in [2.24, 2.45) is 0 Å². The first-order chi connectivity index (χ1) is 14.1. The highest BCUT2D eigenvalue weighted by molar-refractivity contribution is 7.97. The Hall–Kier alpha value is -2.41.